The topological polar surface area (TPSA) is 79.1 Å². The van der Waals surface area contributed by atoms with Crippen molar-refractivity contribution in [2.45, 2.75) is 18.7 Å². The van der Waals surface area contributed by atoms with Gasteiger partial charge in [0, 0.05) is 17.7 Å². The molecule has 0 saturated carbocycles. The first-order valence-electron chi connectivity index (χ1n) is 6.95. The van der Waals surface area contributed by atoms with E-state index in [-0.39, 0.29) is 6.42 Å². The van der Waals surface area contributed by atoms with Crippen LogP contribution in [-0.2, 0) is 16.0 Å². The summed E-state index contributed by atoms with van der Waals surface area (Å²) in [7, 11) is -4.31. The molecule has 0 amide bonds. The summed E-state index contributed by atoms with van der Waals surface area (Å²) < 4.78 is 11.7. The van der Waals surface area contributed by atoms with Crippen molar-refractivity contribution in [1.82, 2.24) is 0 Å². The lowest BCUT2D eigenvalue weighted by Crippen LogP contribution is -2.01. The Bertz CT molecular complexity index is 685. The molecule has 1 unspecified atom stereocenters. The zero-order chi connectivity index (χ0) is 16.7. The molecule has 0 aromatic heterocycles. The van der Waals surface area contributed by atoms with Crippen LogP contribution in [0.4, 0.5) is 0 Å². The summed E-state index contributed by atoms with van der Waals surface area (Å²) in [6.45, 7) is 0.304. The van der Waals surface area contributed by atoms with Crippen molar-refractivity contribution >= 4 is 25.4 Å². The average Bonchev–Trinajstić information content (AvgIpc) is 2.52. The minimum atomic E-state index is -4.31. The molecule has 122 valence electrons. The van der Waals surface area contributed by atoms with Gasteiger partial charge in [0.1, 0.15) is 6.61 Å². The van der Waals surface area contributed by atoms with E-state index in [1.807, 2.05) is 30.3 Å². The van der Waals surface area contributed by atoms with Crippen molar-refractivity contribution in [2.75, 3.05) is 0 Å². The standard InChI is InChI=1S/C16H17ClNO4P/c17-15-8-6-14(7-9-15)16(23(19,20)21)10-11-18-22-12-13-4-2-1-3-5-13/h1-9,11,16H,10,12H2,(H2,19,20,21). The molecule has 0 bridgehead atoms. The van der Waals surface area contributed by atoms with Gasteiger partial charge in [0.15, 0.2) is 0 Å². The number of benzene rings is 2. The summed E-state index contributed by atoms with van der Waals surface area (Å²) in [5, 5.41) is 4.28. The van der Waals surface area contributed by atoms with Gasteiger partial charge in [-0.2, -0.15) is 0 Å². The fraction of sp³-hybridized carbons (Fsp3) is 0.188. The van der Waals surface area contributed by atoms with E-state index in [2.05, 4.69) is 5.16 Å². The highest BCUT2D eigenvalue weighted by atomic mass is 35.5. The Kier molecular flexibility index (Phi) is 6.37. The molecule has 2 aromatic carbocycles. The number of rotatable bonds is 7. The van der Waals surface area contributed by atoms with Crippen LogP contribution in [0.15, 0.2) is 59.8 Å². The normalized spacial score (nSPS) is 13.2. The predicted molar refractivity (Wildman–Crippen MR) is 90.6 cm³/mol. The van der Waals surface area contributed by atoms with Crippen LogP contribution in [0.3, 0.4) is 0 Å². The van der Waals surface area contributed by atoms with Crippen molar-refractivity contribution in [3.63, 3.8) is 0 Å². The number of hydrogen-bond acceptors (Lipinski definition) is 3. The van der Waals surface area contributed by atoms with E-state index in [0.717, 1.165) is 5.56 Å². The summed E-state index contributed by atoms with van der Waals surface area (Å²) in [4.78, 5) is 24.2. The first-order valence-corrected chi connectivity index (χ1v) is 9.01. The van der Waals surface area contributed by atoms with Crippen LogP contribution in [0.25, 0.3) is 0 Å². The lowest BCUT2D eigenvalue weighted by Gasteiger charge is -2.16. The van der Waals surface area contributed by atoms with Gasteiger partial charge in [0.25, 0.3) is 0 Å². The minimum absolute atomic E-state index is 0.0701. The quantitative estimate of drug-likeness (QED) is 0.445. The molecule has 2 N–H and O–H groups in total. The molecular formula is C16H17ClNO4P. The maximum Gasteiger partial charge on any atom is 0.333 e. The molecule has 5 nitrogen and oxygen atoms in total. The van der Waals surface area contributed by atoms with E-state index in [1.165, 1.54) is 6.21 Å². The fourth-order valence-electron chi connectivity index (χ4n) is 2.03. The van der Waals surface area contributed by atoms with Gasteiger partial charge < -0.3 is 14.6 Å². The van der Waals surface area contributed by atoms with Crippen LogP contribution in [0, 0.1) is 0 Å². The molecule has 0 saturated heterocycles. The summed E-state index contributed by atoms with van der Waals surface area (Å²) >= 11 is 5.79. The van der Waals surface area contributed by atoms with Gasteiger partial charge in [-0.1, -0.05) is 59.2 Å². The Hall–Kier alpha value is -1.65. The van der Waals surface area contributed by atoms with E-state index < -0.39 is 13.3 Å². The van der Waals surface area contributed by atoms with Crippen molar-refractivity contribution in [3.05, 3.63) is 70.7 Å². The first-order chi connectivity index (χ1) is 11.0. The van der Waals surface area contributed by atoms with Crippen LogP contribution in [-0.4, -0.2) is 16.0 Å². The van der Waals surface area contributed by atoms with Gasteiger partial charge in [-0.25, -0.2) is 0 Å². The van der Waals surface area contributed by atoms with E-state index in [4.69, 9.17) is 16.4 Å². The molecule has 0 aliphatic carbocycles. The second kappa shape index (κ2) is 8.27. The second-order valence-corrected chi connectivity index (χ2v) is 7.18. The van der Waals surface area contributed by atoms with Crippen LogP contribution >= 0.6 is 19.2 Å². The Morgan fingerprint density at radius 3 is 2.39 bits per heavy atom. The zero-order valence-corrected chi connectivity index (χ0v) is 13.9. The lowest BCUT2D eigenvalue weighted by atomic mass is 10.1. The van der Waals surface area contributed by atoms with Gasteiger partial charge in [-0.05, 0) is 23.3 Å². The maximum atomic E-state index is 11.7. The van der Waals surface area contributed by atoms with Crippen LogP contribution < -0.4 is 0 Å². The fourth-order valence-corrected chi connectivity index (χ4v) is 3.09. The first kappa shape index (κ1) is 17.7. The third-order valence-corrected chi connectivity index (χ3v) is 4.79. The zero-order valence-electron chi connectivity index (χ0n) is 12.2. The van der Waals surface area contributed by atoms with Crippen LogP contribution in [0.2, 0.25) is 5.02 Å². The summed E-state index contributed by atoms with van der Waals surface area (Å²) in [6, 6.07) is 15.9. The Balaban J connectivity index is 1.95. The summed E-state index contributed by atoms with van der Waals surface area (Å²) in [5.41, 5.74) is 0.509. The molecule has 0 aliphatic rings. The smallest absolute Gasteiger partial charge is 0.333 e. The largest absolute Gasteiger partial charge is 0.391 e. The van der Waals surface area contributed by atoms with Gasteiger partial charge in [0.05, 0.1) is 5.66 Å². The van der Waals surface area contributed by atoms with E-state index in [9.17, 15) is 14.4 Å². The molecule has 2 aromatic rings. The number of nitrogens with zero attached hydrogens (tertiary/aromatic N) is 1. The van der Waals surface area contributed by atoms with Crippen molar-refractivity contribution < 1.29 is 19.2 Å². The summed E-state index contributed by atoms with van der Waals surface area (Å²) in [6.07, 6.45) is 1.45. The van der Waals surface area contributed by atoms with Gasteiger partial charge in [-0.3, -0.25) is 4.57 Å². The van der Waals surface area contributed by atoms with Crippen LogP contribution in [0.1, 0.15) is 23.2 Å². The number of oxime groups is 1. The Morgan fingerprint density at radius 2 is 1.78 bits per heavy atom. The average molecular weight is 354 g/mol. The van der Waals surface area contributed by atoms with Gasteiger partial charge in [0.2, 0.25) is 0 Å². The molecule has 2 rings (SSSR count). The molecule has 0 spiro atoms. The van der Waals surface area contributed by atoms with Gasteiger partial charge >= 0.3 is 7.60 Å². The number of halogens is 1. The molecule has 0 fully saturated rings. The van der Waals surface area contributed by atoms with E-state index in [1.54, 1.807) is 24.3 Å². The molecule has 23 heavy (non-hydrogen) atoms. The van der Waals surface area contributed by atoms with Gasteiger partial charge in [-0.15, -0.1) is 0 Å². The lowest BCUT2D eigenvalue weighted by molar-refractivity contribution is 0.131. The Morgan fingerprint density at radius 1 is 1.13 bits per heavy atom. The molecule has 1 atom stereocenters. The highest BCUT2D eigenvalue weighted by Crippen LogP contribution is 2.53. The van der Waals surface area contributed by atoms with Crippen molar-refractivity contribution in [2.24, 2.45) is 5.16 Å². The number of hydrogen-bond donors (Lipinski definition) is 2. The Labute approximate surface area is 139 Å². The minimum Gasteiger partial charge on any atom is -0.391 e. The monoisotopic (exact) mass is 353 g/mol. The maximum absolute atomic E-state index is 11.7. The van der Waals surface area contributed by atoms with E-state index >= 15 is 0 Å². The summed E-state index contributed by atoms with van der Waals surface area (Å²) in [5.74, 6) is 0. The van der Waals surface area contributed by atoms with Crippen molar-refractivity contribution in [3.8, 4) is 0 Å². The third kappa shape index (κ3) is 5.81. The SMILES string of the molecule is O=P(O)(O)C(CC=NOCc1ccccc1)c1ccc(Cl)cc1. The second-order valence-electron chi connectivity index (χ2n) is 4.94. The molecule has 7 heteroatoms. The molecular weight excluding hydrogens is 337 g/mol. The van der Waals surface area contributed by atoms with Crippen molar-refractivity contribution in [1.29, 1.82) is 0 Å². The highest BCUT2D eigenvalue weighted by Gasteiger charge is 2.29. The highest BCUT2D eigenvalue weighted by molar-refractivity contribution is 7.52. The molecule has 0 heterocycles. The molecule has 0 radical (unpaired) electrons. The third-order valence-electron chi connectivity index (χ3n) is 3.21. The van der Waals surface area contributed by atoms with E-state index in [0.29, 0.717) is 17.2 Å². The predicted octanol–water partition coefficient (Wildman–Crippen LogP) is 4.15. The molecule has 0 aliphatic heterocycles. The van der Waals surface area contributed by atoms with Crippen LogP contribution in [0.5, 0.6) is 0 Å².